The average molecular weight is 260 g/mol. The quantitative estimate of drug-likeness (QED) is 0.373. The second-order valence-electron chi connectivity index (χ2n) is 3.88. The van der Waals surface area contributed by atoms with Crippen LogP contribution in [0, 0.1) is 0 Å². The van der Waals surface area contributed by atoms with Crippen LogP contribution in [0.2, 0.25) is 0 Å². The van der Waals surface area contributed by atoms with Gasteiger partial charge in [0.2, 0.25) is 0 Å². The maximum atomic E-state index is 11.9. The van der Waals surface area contributed by atoms with Crippen molar-refractivity contribution in [1.82, 2.24) is 10.3 Å². The molecule has 0 fully saturated rings. The zero-order valence-electron chi connectivity index (χ0n) is 10.4. The molecule has 0 bridgehead atoms. The molecule has 0 atom stereocenters. The van der Waals surface area contributed by atoms with E-state index in [1.165, 1.54) is 20.2 Å². The number of H-pyrrole nitrogens is 1. The molecule has 0 aliphatic carbocycles. The van der Waals surface area contributed by atoms with Gasteiger partial charge in [0.05, 0.1) is 10.9 Å². The van der Waals surface area contributed by atoms with Crippen molar-refractivity contribution in [1.29, 1.82) is 0 Å². The van der Waals surface area contributed by atoms with Gasteiger partial charge in [-0.05, 0) is 12.1 Å². The summed E-state index contributed by atoms with van der Waals surface area (Å²) in [5.74, 6) is -1.66. The van der Waals surface area contributed by atoms with Gasteiger partial charge in [-0.3, -0.25) is 14.4 Å². The minimum atomic E-state index is -0.724. The third-order valence-corrected chi connectivity index (χ3v) is 2.60. The number of Topliss-reactive ketones (excluding diaryl/α,β-unsaturated/α-hetero) is 1. The molecule has 1 aromatic carbocycles. The van der Waals surface area contributed by atoms with Crippen molar-refractivity contribution >= 4 is 28.6 Å². The van der Waals surface area contributed by atoms with Gasteiger partial charge in [0.1, 0.15) is 5.75 Å². The molecule has 98 valence electrons. The second kappa shape index (κ2) is 4.93. The number of hydrogen-bond donors (Lipinski definition) is 2. The molecule has 0 spiro atoms. The molecule has 2 N–H and O–H groups in total. The molecular weight excluding hydrogens is 248 g/mol. The highest BCUT2D eigenvalue weighted by Crippen LogP contribution is 2.29. The lowest BCUT2D eigenvalue weighted by Crippen LogP contribution is -2.27. The summed E-state index contributed by atoms with van der Waals surface area (Å²) in [5, 5.41) is 2.69. The van der Waals surface area contributed by atoms with Crippen LogP contribution in [0.5, 0.6) is 5.75 Å². The SMILES string of the molecule is CNC(=O)C(=O)c1c[nH]c2cccc(OC(C)=O)c12. The Morgan fingerprint density at radius 1 is 1.26 bits per heavy atom. The molecule has 0 aliphatic heterocycles. The Kier molecular flexibility index (Phi) is 3.33. The number of carbonyl (C=O) groups excluding carboxylic acids is 3. The standard InChI is InChI=1S/C13H12N2O4/c1-7(16)19-10-5-3-4-9-11(10)8(6-15-9)12(17)13(18)14-2/h3-6,15H,1-2H3,(H,14,18). The van der Waals surface area contributed by atoms with Crippen molar-refractivity contribution in [3.8, 4) is 5.75 Å². The van der Waals surface area contributed by atoms with Gasteiger partial charge in [0.15, 0.2) is 0 Å². The van der Waals surface area contributed by atoms with Crippen LogP contribution >= 0.6 is 0 Å². The minimum Gasteiger partial charge on any atom is -0.426 e. The summed E-state index contributed by atoms with van der Waals surface area (Å²) in [6, 6.07) is 4.98. The minimum absolute atomic E-state index is 0.172. The van der Waals surface area contributed by atoms with Gasteiger partial charge >= 0.3 is 5.97 Å². The van der Waals surface area contributed by atoms with E-state index in [0.29, 0.717) is 10.9 Å². The molecule has 1 aromatic heterocycles. The molecular formula is C13H12N2O4. The average Bonchev–Trinajstić information content (AvgIpc) is 2.81. The van der Waals surface area contributed by atoms with Crippen molar-refractivity contribution in [2.75, 3.05) is 7.05 Å². The molecule has 0 unspecified atom stereocenters. The molecule has 0 saturated heterocycles. The first kappa shape index (κ1) is 12.8. The van der Waals surface area contributed by atoms with E-state index in [0.717, 1.165) is 0 Å². The number of aromatic amines is 1. The number of rotatable bonds is 3. The Hall–Kier alpha value is -2.63. The zero-order valence-corrected chi connectivity index (χ0v) is 10.4. The van der Waals surface area contributed by atoms with E-state index in [2.05, 4.69) is 10.3 Å². The fraction of sp³-hybridized carbons (Fsp3) is 0.154. The first-order valence-electron chi connectivity index (χ1n) is 5.59. The van der Waals surface area contributed by atoms with E-state index >= 15 is 0 Å². The van der Waals surface area contributed by atoms with Gasteiger partial charge in [-0.25, -0.2) is 0 Å². The summed E-state index contributed by atoms with van der Waals surface area (Å²) < 4.78 is 5.05. The molecule has 0 radical (unpaired) electrons. The monoisotopic (exact) mass is 260 g/mol. The molecule has 6 nitrogen and oxygen atoms in total. The topological polar surface area (TPSA) is 88.3 Å². The summed E-state index contributed by atoms with van der Waals surface area (Å²) in [5.41, 5.74) is 0.789. The van der Waals surface area contributed by atoms with E-state index in [-0.39, 0.29) is 11.3 Å². The highest BCUT2D eigenvalue weighted by atomic mass is 16.5. The van der Waals surface area contributed by atoms with Crippen LogP contribution in [0.4, 0.5) is 0 Å². The molecule has 0 saturated carbocycles. The van der Waals surface area contributed by atoms with E-state index < -0.39 is 17.7 Å². The Labute approximate surface area is 108 Å². The molecule has 1 amide bonds. The smallest absolute Gasteiger partial charge is 0.308 e. The number of esters is 1. The lowest BCUT2D eigenvalue weighted by atomic mass is 10.1. The van der Waals surface area contributed by atoms with Gasteiger partial charge < -0.3 is 15.0 Å². The van der Waals surface area contributed by atoms with Crippen molar-refractivity contribution < 1.29 is 19.1 Å². The molecule has 1 heterocycles. The summed E-state index contributed by atoms with van der Waals surface area (Å²) in [6.45, 7) is 1.27. The van der Waals surface area contributed by atoms with Gasteiger partial charge in [-0.15, -0.1) is 0 Å². The Morgan fingerprint density at radius 2 is 2.00 bits per heavy atom. The normalized spacial score (nSPS) is 10.2. The summed E-state index contributed by atoms with van der Waals surface area (Å²) >= 11 is 0. The highest BCUT2D eigenvalue weighted by molar-refractivity contribution is 6.45. The molecule has 0 aliphatic rings. The maximum Gasteiger partial charge on any atom is 0.308 e. The number of amides is 1. The van der Waals surface area contributed by atoms with Crippen molar-refractivity contribution in [3.63, 3.8) is 0 Å². The largest absolute Gasteiger partial charge is 0.426 e. The second-order valence-corrected chi connectivity index (χ2v) is 3.88. The number of ketones is 1. The van der Waals surface area contributed by atoms with E-state index in [9.17, 15) is 14.4 Å². The van der Waals surface area contributed by atoms with Crippen LogP contribution < -0.4 is 10.1 Å². The van der Waals surface area contributed by atoms with Crippen molar-refractivity contribution in [2.24, 2.45) is 0 Å². The van der Waals surface area contributed by atoms with E-state index in [1.54, 1.807) is 18.2 Å². The van der Waals surface area contributed by atoms with Crippen molar-refractivity contribution in [3.05, 3.63) is 30.0 Å². The predicted molar refractivity (Wildman–Crippen MR) is 68.0 cm³/mol. The third-order valence-electron chi connectivity index (χ3n) is 2.60. The number of hydrogen-bond acceptors (Lipinski definition) is 4. The van der Waals surface area contributed by atoms with Crippen LogP contribution in [0.25, 0.3) is 10.9 Å². The number of aromatic nitrogens is 1. The predicted octanol–water partition coefficient (Wildman–Crippen LogP) is 1.02. The van der Waals surface area contributed by atoms with Gasteiger partial charge in [-0.1, -0.05) is 6.07 Å². The van der Waals surface area contributed by atoms with Gasteiger partial charge in [0, 0.05) is 25.7 Å². The first-order valence-corrected chi connectivity index (χ1v) is 5.59. The number of ether oxygens (including phenoxy) is 1. The molecule has 6 heteroatoms. The lowest BCUT2D eigenvalue weighted by Gasteiger charge is -2.04. The fourth-order valence-electron chi connectivity index (χ4n) is 1.81. The summed E-state index contributed by atoms with van der Waals surface area (Å²) in [4.78, 5) is 37.2. The number of benzene rings is 1. The van der Waals surface area contributed by atoms with Crippen LogP contribution in [0.15, 0.2) is 24.4 Å². The van der Waals surface area contributed by atoms with Crippen LogP contribution in [-0.4, -0.2) is 29.7 Å². The van der Waals surface area contributed by atoms with Gasteiger partial charge in [0.25, 0.3) is 11.7 Å². The number of nitrogens with one attached hydrogen (secondary N) is 2. The molecule has 19 heavy (non-hydrogen) atoms. The van der Waals surface area contributed by atoms with E-state index in [4.69, 9.17) is 4.74 Å². The van der Waals surface area contributed by atoms with Crippen LogP contribution in [0.3, 0.4) is 0 Å². The highest BCUT2D eigenvalue weighted by Gasteiger charge is 2.21. The molecule has 2 rings (SSSR count). The number of carbonyl (C=O) groups is 3. The lowest BCUT2D eigenvalue weighted by molar-refractivity contribution is -0.131. The maximum absolute atomic E-state index is 11.9. The Balaban J connectivity index is 2.60. The van der Waals surface area contributed by atoms with Crippen LogP contribution in [0.1, 0.15) is 17.3 Å². The number of likely N-dealkylation sites (N-methyl/N-ethyl adjacent to an activating group) is 1. The fourth-order valence-corrected chi connectivity index (χ4v) is 1.81. The number of fused-ring (bicyclic) bond motifs is 1. The Bertz CT molecular complexity index is 672. The zero-order chi connectivity index (χ0) is 14.0. The summed E-state index contributed by atoms with van der Waals surface area (Å²) in [6.07, 6.45) is 1.43. The van der Waals surface area contributed by atoms with Crippen LogP contribution in [-0.2, 0) is 9.59 Å². The Morgan fingerprint density at radius 3 is 2.63 bits per heavy atom. The summed E-state index contributed by atoms with van der Waals surface area (Å²) in [7, 11) is 1.38. The third kappa shape index (κ3) is 2.33. The molecule has 2 aromatic rings. The van der Waals surface area contributed by atoms with E-state index in [1.807, 2.05) is 0 Å². The van der Waals surface area contributed by atoms with Gasteiger partial charge in [-0.2, -0.15) is 0 Å². The van der Waals surface area contributed by atoms with Crippen molar-refractivity contribution in [2.45, 2.75) is 6.92 Å². The first-order chi connectivity index (χ1) is 9.04.